The highest BCUT2D eigenvalue weighted by molar-refractivity contribution is 5.99. The van der Waals surface area contributed by atoms with Crippen molar-refractivity contribution in [3.63, 3.8) is 0 Å². The van der Waals surface area contributed by atoms with Crippen LogP contribution in [0.4, 0.5) is 4.79 Å². The quantitative estimate of drug-likeness (QED) is 0.497. The van der Waals surface area contributed by atoms with Crippen LogP contribution in [0.2, 0.25) is 0 Å². The Balaban J connectivity index is 3.09. The second-order valence-electron chi connectivity index (χ2n) is 3.65. The summed E-state index contributed by atoms with van der Waals surface area (Å²) >= 11 is 0. The largest absolute Gasteiger partial charge is 0.349 e. The molecule has 15 heavy (non-hydrogen) atoms. The molecule has 1 rings (SSSR count). The van der Waals surface area contributed by atoms with Gasteiger partial charge in [0.25, 0.3) is 0 Å². The number of nitro groups is 1. The van der Waals surface area contributed by atoms with Crippen LogP contribution in [0.5, 0.6) is 0 Å². The van der Waals surface area contributed by atoms with Crippen molar-refractivity contribution >= 4 is 11.9 Å². The second kappa shape index (κ2) is 3.46. The van der Waals surface area contributed by atoms with Crippen LogP contribution >= 0.6 is 0 Å². The van der Waals surface area contributed by atoms with Crippen LogP contribution in [0.25, 0.3) is 0 Å². The zero-order valence-corrected chi connectivity index (χ0v) is 8.51. The van der Waals surface area contributed by atoms with E-state index in [4.69, 9.17) is 0 Å². The van der Waals surface area contributed by atoms with Crippen molar-refractivity contribution in [3.8, 4) is 0 Å². The molecule has 0 aliphatic carbocycles. The molecule has 0 spiro atoms. The Morgan fingerprint density at radius 2 is 2.07 bits per heavy atom. The molecule has 0 aromatic carbocycles. The minimum absolute atomic E-state index is 0.346. The van der Waals surface area contributed by atoms with Crippen molar-refractivity contribution in [1.29, 1.82) is 0 Å². The summed E-state index contributed by atoms with van der Waals surface area (Å²) in [5, 5.41) is 13.4. The number of nitrogens with one attached hydrogen (secondary N) is 1. The monoisotopic (exact) mass is 217 g/mol. The molecule has 1 saturated heterocycles. The van der Waals surface area contributed by atoms with Gasteiger partial charge in [-0.15, -0.1) is 5.06 Å². The summed E-state index contributed by atoms with van der Waals surface area (Å²) < 4.78 is 0. The highest BCUT2D eigenvalue weighted by Crippen LogP contribution is 2.20. The minimum Gasteiger partial charge on any atom is -0.323 e. The maximum atomic E-state index is 11.5. The molecule has 1 aliphatic rings. The van der Waals surface area contributed by atoms with Crippen LogP contribution < -0.4 is 5.32 Å². The maximum absolute atomic E-state index is 11.5. The molecule has 0 saturated carbocycles. The van der Waals surface area contributed by atoms with E-state index in [1.807, 2.05) is 0 Å². The standard InChI is InChI=1S/C7H11N3O5/c1-7(2)4(10(13)14)5(11)9(15-3)6(12)8-7/h4H,1-3H3,(H,8,12). The van der Waals surface area contributed by atoms with E-state index >= 15 is 0 Å². The van der Waals surface area contributed by atoms with E-state index in [-0.39, 0.29) is 0 Å². The molecule has 0 aromatic rings. The van der Waals surface area contributed by atoms with Gasteiger partial charge in [0.05, 0.1) is 7.11 Å². The topological polar surface area (TPSA) is 102 Å². The van der Waals surface area contributed by atoms with Gasteiger partial charge >= 0.3 is 18.0 Å². The highest BCUT2D eigenvalue weighted by Gasteiger charge is 2.54. The summed E-state index contributed by atoms with van der Waals surface area (Å²) in [4.78, 5) is 37.2. The van der Waals surface area contributed by atoms with E-state index in [0.717, 1.165) is 7.11 Å². The van der Waals surface area contributed by atoms with Crippen LogP contribution in [0, 0.1) is 10.1 Å². The first kappa shape index (κ1) is 11.4. The molecule has 1 fully saturated rings. The lowest BCUT2D eigenvalue weighted by Crippen LogP contribution is -2.69. The fraction of sp³-hybridized carbons (Fsp3) is 0.714. The minimum atomic E-state index is -1.55. The van der Waals surface area contributed by atoms with Gasteiger partial charge in [0.15, 0.2) is 0 Å². The molecule has 1 unspecified atom stereocenters. The Kier molecular flexibility index (Phi) is 2.63. The van der Waals surface area contributed by atoms with Gasteiger partial charge in [-0.05, 0) is 13.8 Å². The molecular formula is C7H11N3O5. The van der Waals surface area contributed by atoms with Crippen molar-refractivity contribution in [3.05, 3.63) is 10.1 Å². The van der Waals surface area contributed by atoms with Gasteiger partial charge in [0.2, 0.25) is 0 Å². The van der Waals surface area contributed by atoms with Crippen molar-refractivity contribution in [2.45, 2.75) is 25.4 Å². The summed E-state index contributed by atoms with van der Waals surface area (Å²) in [6, 6.07) is -2.35. The third-order valence-corrected chi connectivity index (χ3v) is 2.12. The molecule has 1 N–H and O–H groups in total. The lowest BCUT2D eigenvalue weighted by molar-refractivity contribution is -0.521. The zero-order chi connectivity index (χ0) is 11.8. The van der Waals surface area contributed by atoms with Gasteiger partial charge < -0.3 is 5.32 Å². The van der Waals surface area contributed by atoms with Crippen LogP contribution in [-0.4, -0.2) is 40.6 Å². The number of hydrogen-bond acceptors (Lipinski definition) is 5. The summed E-state index contributed by atoms with van der Waals surface area (Å²) in [6.45, 7) is 2.81. The molecule has 3 amide bonds. The van der Waals surface area contributed by atoms with Crippen LogP contribution in [0.15, 0.2) is 0 Å². The number of imide groups is 1. The average molecular weight is 217 g/mol. The number of amides is 3. The second-order valence-corrected chi connectivity index (χ2v) is 3.65. The van der Waals surface area contributed by atoms with Gasteiger partial charge in [-0.25, -0.2) is 4.79 Å². The number of urea groups is 1. The Hall–Kier alpha value is -1.70. The fourth-order valence-corrected chi connectivity index (χ4v) is 1.44. The predicted octanol–water partition coefficient (Wildman–Crippen LogP) is -0.477. The molecule has 0 bridgehead atoms. The summed E-state index contributed by atoms with van der Waals surface area (Å²) in [5.41, 5.74) is -1.23. The van der Waals surface area contributed by atoms with Crippen LogP contribution in [0.1, 0.15) is 13.8 Å². The number of carbonyl (C=O) groups excluding carboxylic acids is 2. The van der Waals surface area contributed by atoms with E-state index in [1.54, 1.807) is 0 Å². The van der Waals surface area contributed by atoms with Crippen molar-refractivity contribution in [2.75, 3.05) is 7.11 Å². The average Bonchev–Trinajstić information content (AvgIpc) is 2.00. The third kappa shape index (κ3) is 1.75. The Morgan fingerprint density at radius 3 is 2.47 bits per heavy atom. The van der Waals surface area contributed by atoms with E-state index in [0.29, 0.717) is 5.06 Å². The van der Waals surface area contributed by atoms with E-state index in [2.05, 4.69) is 10.2 Å². The van der Waals surface area contributed by atoms with Crippen LogP contribution in [-0.2, 0) is 9.63 Å². The molecule has 0 aromatic heterocycles. The first-order valence-electron chi connectivity index (χ1n) is 4.15. The molecule has 0 radical (unpaired) electrons. The predicted molar refractivity (Wildman–Crippen MR) is 47.2 cm³/mol. The summed E-state index contributed by atoms with van der Waals surface area (Å²) in [7, 11) is 1.09. The van der Waals surface area contributed by atoms with Crippen molar-refractivity contribution in [2.24, 2.45) is 0 Å². The molecule has 1 aliphatic heterocycles. The van der Waals surface area contributed by atoms with E-state index < -0.39 is 28.4 Å². The first-order chi connectivity index (χ1) is 6.81. The zero-order valence-electron chi connectivity index (χ0n) is 8.51. The molecule has 8 nitrogen and oxygen atoms in total. The van der Waals surface area contributed by atoms with Gasteiger partial charge in [-0.3, -0.25) is 19.7 Å². The smallest absolute Gasteiger partial charge is 0.323 e. The fourth-order valence-electron chi connectivity index (χ4n) is 1.44. The number of nitrogens with zero attached hydrogens (tertiary/aromatic N) is 2. The maximum Gasteiger partial charge on any atom is 0.349 e. The van der Waals surface area contributed by atoms with E-state index in [1.165, 1.54) is 13.8 Å². The first-order valence-corrected chi connectivity index (χ1v) is 4.15. The van der Waals surface area contributed by atoms with Crippen molar-refractivity contribution in [1.82, 2.24) is 10.4 Å². The van der Waals surface area contributed by atoms with Crippen LogP contribution in [0.3, 0.4) is 0 Å². The van der Waals surface area contributed by atoms with Gasteiger partial charge in [0.1, 0.15) is 5.54 Å². The Morgan fingerprint density at radius 1 is 1.53 bits per heavy atom. The van der Waals surface area contributed by atoms with Gasteiger partial charge in [-0.1, -0.05) is 0 Å². The number of rotatable bonds is 2. The highest BCUT2D eigenvalue weighted by atomic mass is 16.7. The summed E-state index contributed by atoms with van der Waals surface area (Å²) in [5.74, 6) is -0.976. The van der Waals surface area contributed by atoms with Gasteiger partial charge in [-0.2, -0.15) is 0 Å². The van der Waals surface area contributed by atoms with E-state index in [9.17, 15) is 19.7 Å². The molecule has 1 atom stereocenters. The lowest BCUT2D eigenvalue weighted by atomic mass is 9.92. The SMILES string of the molecule is CON1C(=O)NC(C)(C)C([N+](=O)[O-])C1=O. The molecule has 1 heterocycles. The Labute approximate surface area is 85.3 Å². The third-order valence-electron chi connectivity index (χ3n) is 2.12. The normalized spacial score (nSPS) is 25.0. The molecule has 84 valence electrons. The van der Waals surface area contributed by atoms with Crippen molar-refractivity contribution < 1.29 is 19.3 Å². The number of hydrogen-bond donors (Lipinski definition) is 1. The van der Waals surface area contributed by atoms with Gasteiger partial charge in [0, 0.05) is 4.92 Å². The number of hydroxylamine groups is 2. The number of carbonyl (C=O) groups is 2. The lowest BCUT2D eigenvalue weighted by Gasteiger charge is -2.36. The Bertz CT molecular complexity index is 327. The molecular weight excluding hydrogens is 206 g/mol. The molecule has 8 heteroatoms. The summed E-state index contributed by atoms with van der Waals surface area (Å²) in [6.07, 6.45) is 0.